The number of morpholine rings is 2. The highest BCUT2D eigenvalue weighted by Crippen LogP contribution is 2.32. The molecular weight excluding hydrogens is 460 g/mol. The fourth-order valence-electron chi connectivity index (χ4n) is 4.33. The third-order valence-electron chi connectivity index (χ3n) is 6.24. The second-order valence-corrected chi connectivity index (χ2v) is 8.52. The Morgan fingerprint density at radius 1 is 0.778 bits per heavy atom. The van der Waals surface area contributed by atoms with Crippen molar-refractivity contribution in [1.29, 1.82) is 0 Å². The van der Waals surface area contributed by atoms with Crippen LogP contribution in [0.2, 0.25) is 0 Å². The van der Waals surface area contributed by atoms with E-state index in [1.807, 2.05) is 24.3 Å². The lowest BCUT2D eigenvalue weighted by atomic mass is 10.2. The van der Waals surface area contributed by atoms with E-state index < -0.39 is 0 Å². The van der Waals surface area contributed by atoms with Crippen LogP contribution < -0.4 is 29.9 Å². The second kappa shape index (κ2) is 11.3. The van der Waals surface area contributed by atoms with E-state index in [1.165, 1.54) is 0 Å². The maximum Gasteiger partial charge on any atom is 0.229 e. The summed E-state index contributed by atoms with van der Waals surface area (Å²) in [5.74, 6) is 2.53. The molecule has 3 heterocycles. The minimum atomic E-state index is 0.500. The molecule has 10 nitrogen and oxygen atoms in total. The number of ether oxygens (including phenoxy) is 4. The van der Waals surface area contributed by atoms with Crippen LogP contribution in [0.25, 0.3) is 0 Å². The molecule has 0 aliphatic carbocycles. The number of benzene rings is 2. The summed E-state index contributed by atoms with van der Waals surface area (Å²) in [5, 5.41) is 6.72. The summed E-state index contributed by atoms with van der Waals surface area (Å²) in [6.45, 7) is 6.40. The van der Waals surface area contributed by atoms with Gasteiger partial charge in [-0.25, -0.2) is 4.98 Å². The van der Waals surface area contributed by atoms with E-state index in [-0.39, 0.29) is 0 Å². The number of methoxy groups -OCH3 is 2. The van der Waals surface area contributed by atoms with Crippen molar-refractivity contribution in [3.05, 3.63) is 48.7 Å². The summed E-state index contributed by atoms with van der Waals surface area (Å²) in [6, 6.07) is 13.9. The molecular formula is C26H32N6O4. The van der Waals surface area contributed by atoms with Gasteiger partial charge in [-0.15, -0.1) is 0 Å². The number of aromatic nitrogens is 2. The van der Waals surface area contributed by atoms with Crippen LogP contribution in [0.5, 0.6) is 11.5 Å². The van der Waals surface area contributed by atoms with E-state index >= 15 is 0 Å². The van der Waals surface area contributed by atoms with Crippen LogP contribution in [0.4, 0.5) is 34.5 Å². The van der Waals surface area contributed by atoms with Crippen molar-refractivity contribution >= 4 is 34.5 Å². The maximum atomic E-state index is 5.56. The number of hydrogen-bond acceptors (Lipinski definition) is 10. The average molecular weight is 493 g/mol. The number of nitrogens with zero attached hydrogens (tertiary/aromatic N) is 4. The molecule has 10 heteroatoms. The Labute approximate surface area is 211 Å². The van der Waals surface area contributed by atoms with Crippen LogP contribution in [0.3, 0.4) is 0 Å². The van der Waals surface area contributed by atoms with E-state index in [1.54, 1.807) is 20.4 Å². The Morgan fingerprint density at radius 3 is 2.06 bits per heavy atom. The molecule has 0 atom stereocenters. The molecule has 3 aromatic rings. The molecule has 36 heavy (non-hydrogen) atoms. The molecule has 0 spiro atoms. The van der Waals surface area contributed by atoms with Crippen molar-refractivity contribution in [2.45, 2.75) is 0 Å². The first-order valence-electron chi connectivity index (χ1n) is 12.1. The van der Waals surface area contributed by atoms with E-state index in [2.05, 4.69) is 48.6 Å². The Balaban J connectivity index is 1.39. The van der Waals surface area contributed by atoms with Crippen LogP contribution in [-0.4, -0.2) is 76.8 Å². The monoisotopic (exact) mass is 492 g/mol. The van der Waals surface area contributed by atoms with Crippen LogP contribution in [0, 0.1) is 0 Å². The van der Waals surface area contributed by atoms with Gasteiger partial charge in [0.2, 0.25) is 5.95 Å². The van der Waals surface area contributed by atoms with Crippen molar-refractivity contribution in [1.82, 2.24) is 9.97 Å². The molecule has 2 aliphatic heterocycles. The zero-order valence-corrected chi connectivity index (χ0v) is 20.7. The first-order chi connectivity index (χ1) is 17.7. The predicted molar refractivity (Wildman–Crippen MR) is 141 cm³/mol. The maximum absolute atomic E-state index is 5.56. The Kier molecular flexibility index (Phi) is 7.53. The van der Waals surface area contributed by atoms with Gasteiger partial charge in [0, 0.05) is 55.5 Å². The summed E-state index contributed by atoms with van der Waals surface area (Å²) in [6.07, 6.45) is 1.72. The van der Waals surface area contributed by atoms with Crippen molar-refractivity contribution in [2.75, 3.05) is 87.3 Å². The number of nitrogens with one attached hydrogen (secondary N) is 2. The van der Waals surface area contributed by atoms with Gasteiger partial charge in [0.25, 0.3) is 0 Å². The van der Waals surface area contributed by atoms with E-state index in [9.17, 15) is 0 Å². The summed E-state index contributed by atoms with van der Waals surface area (Å²) < 4.78 is 21.9. The Bertz CT molecular complexity index is 1130. The summed E-state index contributed by atoms with van der Waals surface area (Å²) in [4.78, 5) is 13.8. The van der Waals surface area contributed by atoms with Gasteiger partial charge in [-0.2, -0.15) is 4.98 Å². The van der Waals surface area contributed by atoms with Gasteiger partial charge in [-0.05, 0) is 36.4 Å². The van der Waals surface area contributed by atoms with Crippen molar-refractivity contribution in [3.8, 4) is 11.5 Å². The minimum Gasteiger partial charge on any atom is -0.497 e. The molecule has 0 bridgehead atoms. The van der Waals surface area contributed by atoms with Gasteiger partial charge >= 0.3 is 0 Å². The molecule has 2 fully saturated rings. The molecule has 0 saturated carbocycles. The standard InChI is InChI=1S/C26H32N6O4/c1-33-22-3-4-23(24(18-22)34-2)29-25-5-6-27-26(30-25)28-19-15-20(31-7-11-35-12-8-31)17-21(16-19)32-9-13-36-14-10-32/h3-6,15-18H,7-14H2,1-2H3,(H2,27,28,29,30). The smallest absolute Gasteiger partial charge is 0.229 e. The van der Waals surface area contributed by atoms with Gasteiger partial charge < -0.3 is 39.4 Å². The topological polar surface area (TPSA) is 93.2 Å². The van der Waals surface area contributed by atoms with Crippen LogP contribution in [0.15, 0.2) is 48.7 Å². The lowest BCUT2D eigenvalue weighted by Crippen LogP contribution is -2.38. The van der Waals surface area contributed by atoms with Gasteiger partial charge in [-0.1, -0.05) is 0 Å². The molecule has 5 rings (SSSR count). The summed E-state index contributed by atoms with van der Waals surface area (Å²) in [7, 11) is 3.25. The third kappa shape index (κ3) is 5.72. The molecule has 0 unspecified atom stereocenters. The minimum absolute atomic E-state index is 0.500. The quantitative estimate of drug-likeness (QED) is 0.485. The Hall–Kier alpha value is -3.76. The number of hydrogen-bond donors (Lipinski definition) is 2. The molecule has 190 valence electrons. The fraction of sp³-hybridized carbons (Fsp3) is 0.385. The first kappa shape index (κ1) is 24.0. The van der Waals surface area contributed by atoms with Gasteiger partial charge in [0.1, 0.15) is 17.3 Å². The summed E-state index contributed by atoms with van der Waals surface area (Å²) in [5.41, 5.74) is 4.02. The molecule has 2 aromatic carbocycles. The SMILES string of the molecule is COc1ccc(Nc2ccnc(Nc3cc(N4CCOCC4)cc(N4CCOCC4)c3)n2)c(OC)c1. The lowest BCUT2D eigenvalue weighted by Gasteiger charge is -2.33. The van der Waals surface area contributed by atoms with Gasteiger partial charge in [0.15, 0.2) is 0 Å². The number of anilines is 6. The molecule has 1 aromatic heterocycles. The van der Waals surface area contributed by atoms with E-state index in [0.717, 1.165) is 81.1 Å². The van der Waals surface area contributed by atoms with Crippen molar-refractivity contribution < 1.29 is 18.9 Å². The molecule has 2 saturated heterocycles. The largest absolute Gasteiger partial charge is 0.497 e. The lowest BCUT2D eigenvalue weighted by molar-refractivity contribution is 0.122. The summed E-state index contributed by atoms with van der Waals surface area (Å²) >= 11 is 0. The Morgan fingerprint density at radius 2 is 1.44 bits per heavy atom. The fourth-order valence-corrected chi connectivity index (χ4v) is 4.33. The van der Waals surface area contributed by atoms with Crippen molar-refractivity contribution in [2.24, 2.45) is 0 Å². The predicted octanol–water partition coefficient (Wildman–Crippen LogP) is 3.65. The van der Waals surface area contributed by atoms with Crippen molar-refractivity contribution in [3.63, 3.8) is 0 Å². The van der Waals surface area contributed by atoms with Crippen LogP contribution in [-0.2, 0) is 9.47 Å². The second-order valence-electron chi connectivity index (χ2n) is 8.52. The van der Waals surface area contributed by atoms with E-state index in [0.29, 0.717) is 17.5 Å². The first-order valence-corrected chi connectivity index (χ1v) is 12.1. The normalized spacial score (nSPS) is 15.9. The highest BCUT2D eigenvalue weighted by molar-refractivity contribution is 5.72. The molecule has 0 radical (unpaired) electrons. The number of rotatable bonds is 8. The molecule has 2 N–H and O–H groups in total. The zero-order valence-electron chi connectivity index (χ0n) is 20.7. The molecule has 2 aliphatic rings. The van der Waals surface area contributed by atoms with Crippen LogP contribution in [0.1, 0.15) is 0 Å². The van der Waals surface area contributed by atoms with Crippen LogP contribution >= 0.6 is 0 Å². The van der Waals surface area contributed by atoms with Gasteiger partial charge in [0.05, 0.1) is 46.3 Å². The highest BCUT2D eigenvalue weighted by atomic mass is 16.5. The van der Waals surface area contributed by atoms with Gasteiger partial charge in [-0.3, -0.25) is 0 Å². The average Bonchev–Trinajstić information content (AvgIpc) is 2.94. The zero-order chi connectivity index (χ0) is 24.7. The third-order valence-corrected chi connectivity index (χ3v) is 6.24. The highest BCUT2D eigenvalue weighted by Gasteiger charge is 2.17. The van der Waals surface area contributed by atoms with E-state index in [4.69, 9.17) is 18.9 Å². The molecule has 0 amide bonds.